The van der Waals surface area contributed by atoms with Crippen LogP contribution in [0.15, 0.2) is 12.2 Å². The lowest BCUT2D eigenvalue weighted by atomic mass is 9.95. The Balaban J connectivity index is 4.23. The van der Waals surface area contributed by atoms with Crippen molar-refractivity contribution in [3.8, 4) is 0 Å². The Bertz CT molecular complexity index is 154. The molecule has 0 aromatic carbocycles. The molecule has 0 rings (SSSR count). The van der Waals surface area contributed by atoms with Gasteiger partial charge in [0.1, 0.15) is 0 Å². The molecule has 0 saturated carbocycles. The van der Waals surface area contributed by atoms with Crippen molar-refractivity contribution < 1.29 is 0 Å². The van der Waals surface area contributed by atoms with Gasteiger partial charge in [0, 0.05) is 11.1 Å². The smallest absolute Gasteiger partial charge is 0.0311 e. The third-order valence-corrected chi connectivity index (χ3v) is 2.13. The number of rotatable bonds is 4. The van der Waals surface area contributed by atoms with Crippen LogP contribution >= 0.6 is 0 Å². The Hall–Kier alpha value is -0.300. The van der Waals surface area contributed by atoms with Crippen LogP contribution < -0.4 is 5.32 Å². The van der Waals surface area contributed by atoms with Crippen molar-refractivity contribution in [1.29, 1.82) is 0 Å². The van der Waals surface area contributed by atoms with E-state index in [1.807, 2.05) is 0 Å². The lowest BCUT2D eigenvalue weighted by Gasteiger charge is -2.34. The zero-order valence-electron chi connectivity index (χ0n) is 9.36. The molecule has 0 heterocycles. The van der Waals surface area contributed by atoms with Gasteiger partial charge in [-0.3, -0.25) is 0 Å². The van der Waals surface area contributed by atoms with E-state index in [0.29, 0.717) is 0 Å². The second-order valence-corrected chi connectivity index (χ2v) is 4.58. The third-order valence-electron chi connectivity index (χ3n) is 2.13. The van der Waals surface area contributed by atoms with Crippen LogP contribution in [0.25, 0.3) is 0 Å². The van der Waals surface area contributed by atoms with Gasteiger partial charge in [-0.25, -0.2) is 0 Å². The molecule has 0 spiro atoms. The molecule has 0 atom stereocenters. The van der Waals surface area contributed by atoms with Gasteiger partial charge >= 0.3 is 0 Å². The molecule has 0 bridgehead atoms. The molecule has 0 aliphatic heterocycles. The van der Waals surface area contributed by atoms with Gasteiger partial charge in [-0.2, -0.15) is 0 Å². The monoisotopic (exact) mass is 169 g/mol. The maximum atomic E-state index is 3.60. The number of hydrogen-bond acceptors (Lipinski definition) is 1. The summed E-state index contributed by atoms with van der Waals surface area (Å²) in [7, 11) is 0. The molecule has 0 radical (unpaired) electrons. The van der Waals surface area contributed by atoms with E-state index in [0.717, 1.165) is 6.42 Å². The first-order valence-electron chi connectivity index (χ1n) is 4.76. The first kappa shape index (κ1) is 11.7. The first-order valence-corrected chi connectivity index (χ1v) is 4.76. The maximum absolute atomic E-state index is 3.60. The van der Waals surface area contributed by atoms with Crippen LogP contribution in [0.2, 0.25) is 0 Å². The summed E-state index contributed by atoms with van der Waals surface area (Å²) in [5.41, 5.74) is 0.331. The van der Waals surface area contributed by atoms with E-state index in [1.165, 1.54) is 0 Å². The largest absolute Gasteiger partial charge is 0.303 e. The Kier molecular flexibility index (Phi) is 3.98. The van der Waals surface area contributed by atoms with E-state index in [1.54, 1.807) is 0 Å². The van der Waals surface area contributed by atoms with Gasteiger partial charge < -0.3 is 5.32 Å². The zero-order valence-corrected chi connectivity index (χ0v) is 9.36. The van der Waals surface area contributed by atoms with Gasteiger partial charge in [-0.15, -0.1) is 0 Å². The summed E-state index contributed by atoms with van der Waals surface area (Å²) < 4.78 is 0. The zero-order chi connectivity index (χ0) is 9.83. The molecule has 0 saturated heterocycles. The fourth-order valence-corrected chi connectivity index (χ4v) is 1.42. The molecular weight excluding hydrogens is 146 g/mol. The first-order chi connectivity index (χ1) is 5.33. The van der Waals surface area contributed by atoms with Crippen LogP contribution in [0.5, 0.6) is 0 Å². The van der Waals surface area contributed by atoms with E-state index in [9.17, 15) is 0 Å². The third kappa shape index (κ3) is 4.55. The Labute approximate surface area is 77.2 Å². The molecule has 1 heteroatoms. The molecular formula is C11H23N. The summed E-state index contributed by atoms with van der Waals surface area (Å²) in [6, 6.07) is 0. The highest BCUT2D eigenvalue weighted by atomic mass is 15.0. The van der Waals surface area contributed by atoms with Crippen molar-refractivity contribution in [3.05, 3.63) is 12.2 Å². The standard InChI is InChI=1S/C11H23N/c1-7-9-11(5,6)12-10(3,4)8-2/h7,9,12H,8H2,1-6H3. The normalized spacial score (nSPS) is 14.2. The minimum atomic E-state index is 0.105. The molecule has 0 fully saturated rings. The fraction of sp³-hybridized carbons (Fsp3) is 0.818. The van der Waals surface area contributed by atoms with Crippen molar-refractivity contribution in [2.24, 2.45) is 0 Å². The summed E-state index contributed by atoms with van der Waals surface area (Å²) in [4.78, 5) is 0. The van der Waals surface area contributed by atoms with Crippen LogP contribution in [0.1, 0.15) is 48.0 Å². The average Bonchev–Trinajstić information content (AvgIpc) is 1.85. The van der Waals surface area contributed by atoms with Gasteiger partial charge in [-0.05, 0) is 41.0 Å². The minimum absolute atomic E-state index is 0.105. The van der Waals surface area contributed by atoms with Crippen LogP contribution in [0.3, 0.4) is 0 Å². The van der Waals surface area contributed by atoms with Gasteiger partial charge in [0.25, 0.3) is 0 Å². The minimum Gasteiger partial charge on any atom is -0.303 e. The SMILES string of the molecule is CC=CC(C)(C)NC(C)(C)CC. The van der Waals surface area contributed by atoms with Crippen LogP contribution in [0.4, 0.5) is 0 Å². The molecule has 0 aromatic rings. The van der Waals surface area contributed by atoms with Gasteiger partial charge in [0.05, 0.1) is 0 Å². The molecule has 12 heavy (non-hydrogen) atoms. The molecule has 1 N–H and O–H groups in total. The predicted molar refractivity (Wildman–Crippen MR) is 56.4 cm³/mol. The van der Waals surface area contributed by atoms with E-state index in [4.69, 9.17) is 0 Å². The molecule has 0 aromatic heterocycles. The highest BCUT2D eigenvalue weighted by Crippen LogP contribution is 2.15. The summed E-state index contributed by atoms with van der Waals surface area (Å²) >= 11 is 0. The highest BCUT2D eigenvalue weighted by Gasteiger charge is 2.23. The molecule has 72 valence electrons. The Morgan fingerprint density at radius 1 is 1.17 bits per heavy atom. The summed E-state index contributed by atoms with van der Waals surface area (Å²) in [5.74, 6) is 0. The van der Waals surface area contributed by atoms with Crippen molar-refractivity contribution in [2.45, 2.75) is 59.0 Å². The van der Waals surface area contributed by atoms with Crippen molar-refractivity contribution >= 4 is 0 Å². The van der Waals surface area contributed by atoms with E-state index in [2.05, 4.69) is 59.0 Å². The Morgan fingerprint density at radius 2 is 1.67 bits per heavy atom. The number of hydrogen-bond donors (Lipinski definition) is 1. The lowest BCUT2D eigenvalue weighted by molar-refractivity contribution is 0.298. The van der Waals surface area contributed by atoms with Crippen LogP contribution in [0, 0.1) is 0 Å². The van der Waals surface area contributed by atoms with Crippen molar-refractivity contribution in [2.75, 3.05) is 0 Å². The fourth-order valence-electron chi connectivity index (χ4n) is 1.42. The number of allylic oxidation sites excluding steroid dienone is 1. The number of nitrogens with one attached hydrogen (secondary N) is 1. The van der Waals surface area contributed by atoms with Gasteiger partial charge in [0.15, 0.2) is 0 Å². The van der Waals surface area contributed by atoms with E-state index in [-0.39, 0.29) is 11.1 Å². The van der Waals surface area contributed by atoms with Gasteiger partial charge in [-0.1, -0.05) is 19.1 Å². The van der Waals surface area contributed by atoms with Crippen LogP contribution in [-0.2, 0) is 0 Å². The molecule has 0 aliphatic rings. The maximum Gasteiger partial charge on any atom is 0.0311 e. The summed E-state index contributed by atoms with van der Waals surface area (Å²) in [6.45, 7) is 13.1. The molecule has 0 amide bonds. The van der Waals surface area contributed by atoms with E-state index < -0.39 is 0 Å². The topological polar surface area (TPSA) is 12.0 Å². The average molecular weight is 169 g/mol. The van der Waals surface area contributed by atoms with Gasteiger partial charge in [0.2, 0.25) is 0 Å². The predicted octanol–water partition coefficient (Wildman–Crippen LogP) is 3.12. The van der Waals surface area contributed by atoms with E-state index >= 15 is 0 Å². The summed E-state index contributed by atoms with van der Waals surface area (Å²) in [5, 5.41) is 3.60. The molecule has 0 aliphatic carbocycles. The second-order valence-electron chi connectivity index (χ2n) is 4.58. The molecule has 1 nitrogen and oxygen atoms in total. The van der Waals surface area contributed by atoms with Crippen molar-refractivity contribution in [1.82, 2.24) is 5.32 Å². The second kappa shape index (κ2) is 4.08. The lowest BCUT2D eigenvalue weighted by Crippen LogP contribution is -2.50. The summed E-state index contributed by atoms with van der Waals surface area (Å²) in [6.07, 6.45) is 5.44. The Morgan fingerprint density at radius 3 is 2.00 bits per heavy atom. The van der Waals surface area contributed by atoms with Crippen molar-refractivity contribution in [3.63, 3.8) is 0 Å². The molecule has 0 unspecified atom stereocenters. The van der Waals surface area contributed by atoms with Crippen LogP contribution in [-0.4, -0.2) is 11.1 Å². The highest BCUT2D eigenvalue weighted by molar-refractivity contribution is 5.02. The quantitative estimate of drug-likeness (QED) is 0.638.